The third-order valence-corrected chi connectivity index (χ3v) is 3.78. The smallest absolute Gasteiger partial charge is 0.321 e. The van der Waals surface area contributed by atoms with E-state index in [1.807, 2.05) is 4.72 Å². The zero-order valence-corrected chi connectivity index (χ0v) is 10.6. The molecular formula is C11H15NO5S. The van der Waals surface area contributed by atoms with Crippen molar-refractivity contribution in [1.82, 2.24) is 4.72 Å². The van der Waals surface area contributed by atoms with Crippen LogP contribution in [0.4, 0.5) is 0 Å². The van der Waals surface area contributed by atoms with Crippen LogP contribution in [-0.2, 0) is 14.8 Å². The largest absolute Gasteiger partial charge is 0.480 e. The lowest BCUT2D eigenvalue weighted by Crippen LogP contribution is -2.41. The second-order valence-corrected chi connectivity index (χ2v) is 5.55. The zero-order valence-electron chi connectivity index (χ0n) is 9.83. The van der Waals surface area contributed by atoms with E-state index in [0.29, 0.717) is 0 Å². The molecule has 0 amide bonds. The van der Waals surface area contributed by atoms with Crippen molar-refractivity contribution in [2.24, 2.45) is 0 Å². The van der Waals surface area contributed by atoms with Crippen molar-refractivity contribution in [3.05, 3.63) is 29.8 Å². The minimum Gasteiger partial charge on any atom is -0.480 e. The first-order valence-corrected chi connectivity index (χ1v) is 6.78. The Kier molecular flexibility index (Phi) is 4.83. The molecule has 0 spiro atoms. The van der Waals surface area contributed by atoms with Crippen LogP contribution in [0.5, 0.6) is 0 Å². The van der Waals surface area contributed by atoms with E-state index < -0.39 is 28.6 Å². The molecule has 0 aliphatic carbocycles. The van der Waals surface area contributed by atoms with E-state index in [-0.39, 0.29) is 11.3 Å². The van der Waals surface area contributed by atoms with Crippen LogP contribution in [0.2, 0.25) is 0 Å². The number of carboxylic acid groups (broad SMARTS) is 1. The van der Waals surface area contributed by atoms with Gasteiger partial charge in [-0.3, -0.25) is 4.79 Å². The number of aliphatic hydroxyl groups is 1. The molecule has 1 rings (SSSR count). The lowest BCUT2D eigenvalue weighted by atomic mass is 10.2. The Balaban J connectivity index is 2.97. The Morgan fingerprint density at radius 3 is 2.61 bits per heavy atom. The van der Waals surface area contributed by atoms with Gasteiger partial charge in [0.2, 0.25) is 10.0 Å². The monoisotopic (exact) mass is 273 g/mol. The fourth-order valence-electron chi connectivity index (χ4n) is 1.40. The number of carbonyl (C=O) groups is 1. The van der Waals surface area contributed by atoms with Crippen LogP contribution in [-0.4, -0.2) is 37.2 Å². The first kappa shape index (κ1) is 14.6. The highest BCUT2D eigenvalue weighted by atomic mass is 32.2. The molecule has 0 aliphatic rings. The summed E-state index contributed by atoms with van der Waals surface area (Å²) in [5.41, 5.74) is 0.756. The first-order chi connectivity index (χ1) is 8.36. The summed E-state index contributed by atoms with van der Waals surface area (Å²) in [5.74, 6) is -1.32. The average molecular weight is 273 g/mol. The van der Waals surface area contributed by atoms with E-state index in [1.165, 1.54) is 12.1 Å². The molecule has 100 valence electrons. The molecule has 3 N–H and O–H groups in total. The number of benzene rings is 1. The van der Waals surface area contributed by atoms with Gasteiger partial charge >= 0.3 is 5.97 Å². The Hall–Kier alpha value is -1.44. The maximum Gasteiger partial charge on any atom is 0.321 e. The summed E-state index contributed by atoms with van der Waals surface area (Å²) in [5, 5.41) is 17.5. The number of aliphatic carboxylic acids is 1. The molecular weight excluding hydrogens is 258 g/mol. The Morgan fingerprint density at radius 2 is 2.11 bits per heavy atom. The molecule has 0 aromatic heterocycles. The predicted octanol–water partition coefficient (Wildman–Crippen LogP) is 0.109. The number of nitrogens with one attached hydrogen (secondary N) is 1. The van der Waals surface area contributed by atoms with E-state index >= 15 is 0 Å². The fourth-order valence-corrected chi connectivity index (χ4v) is 2.73. The highest BCUT2D eigenvalue weighted by molar-refractivity contribution is 7.89. The Bertz CT molecular complexity index is 526. The summed E-state index contributed by atoms with van der Waals surface area (Å²) in [7, 11) is -3.89. The molecule has 18 heavy (non-hydrogen) atoms. The minimum absolute atomic E-state index is 0.00619. The van der Waals surface area contributed by atoms with Gasteiger partial charge in [-0.05, 0) is 31.0 Å². The fraction of sp³-hybridized carbons (Fsp3) is 0.364. The SMILES string of the molecule is Cc1cccc(S(=O)(=O)NC(CCO)C(=O)O)c1. The number of carboxylic acids is 1. The lowest BCUT2D eigenvalue weighted by molar-refractivity contribution is -0.139. The van der Waals surface area contributed by atoms with Crippen LogP contribution in [0.25, 0.3) is 0 Å². The standard InChI is InChI=1S/C11H15NO5S/c1-8-3-2-4-9(7-8)18(16,17)12-10(5-6-13)11(14)15/h2-4,7,10,12-13H,5-6H2,1H3,(H,14,15). The molecule has 1 aromatic rings. The molecule has 7 heteroatoms. The van der Waals surface area contributed by atoms with Gasteiger partial charge in [0.05, 0.1) is 4.90 Å². The summed E-state index contributed by atoms with van der Waals surface area (Å²) >= 11 is 0. The molecule has 1 aromatic carbocycles. The van der Waals surface area contributed by atoms with Gasteiger partial charge in [0.1, 0.15) is 6.04 Å². The minimum atomic E-state index is -3.89. The van der Waals surface area contributed by atoms with Crippen LogP contribution in [0.15, 0.2) is 29.2 Å². The summed E-state index contributed by atoms with van der Waals surface area (Å²) in [4.78, 5) is 10.8. The Morgan fingerprint density at radius 1 is 1.44 bits per heavy atom. The van der Waals surface area contributed by atoms with Crippen molar-refractivity contribution in [3.63, 3.8) is 0 Å². The molecule has 1 unspecified atom stereocenters. The Labute approximate surface area is 105 Å². The molecule has 0 aliphatic heterocycles. The highest BCUT2D eigenvalue weighted by Crippen LogP contribution is 2.11. The molecule has 0 heterocycles. The first-order valence-electron chi connectivity index (χ1n) is 5.29. The molecule has 1 atom stereocenters. The van der Waals surface area contributed by atoms with Crippen molar-refractivity contribution in [3.8, 4) is 0 Å². The van der Waals surface area contributed by atoms with Gasteiger partial charge in [-0.15, -0.1) is 0 Å². The highest BCUT2D eigenvalue weighted by Gasteiger charge is 2.24. The maximum absolute atomic E-state index is 11.9. The van der Waals surface area contributed by atoms with E-state index in [1.54, 1.807) is 19.1 Å². The van der Waals surface area contributed by atoms with Crippen LogP contribution in [0.1, 0.15) is 12.0 Å². The van der Waals surface area contributed by atoms with Crippen molar-refractivity contribution >= 4 is 16.0 Å². The van der Waals surface area contributed by atoms with Gasteiger partial charge in [-0.2, -0.15) is 4.72 Å². The molecule has 0 radical (unpaired) electrons. The van der Waals surface area contributed by atoms with Gasteiger partial charge in [0.25, 0.3) is 0 Å². The predicted molar refractivity (Wildman–Crippen MR) is 64.6 cm³/mol. The van der Waals surface area contributed by atoms with E-state index in [2.05, 4.69) is 0 Å². The molecule has 0 saturated carbocycles. The number of rotatable bonds is 6. The van der Waals surface area contributed by atoms with Crippen molar-refractivity contribution in [1.29, 1.82) is 0 Å². The quantitative estimate of drug-likeness (QED) is 0.682. The van der Waals surface area contributed by atoms with Crippen LogP contribution >= 0.6 is 0 Å². The summed E-state index contributed by atoms with van der Waals surface area (Å²) in [6.07, 6.45) is -0.180. The number of sulfonamides is 1. The normalized spacial score (nSPS) is 13.2. The second-order valence-electron chi connectivity index (χ2n) is 3.84. The van der Waals surface area contributed by atoms with E-state index in [4.69, 9.17) is 10.2 Å². The van der Waals surface area contributed by atoms with Gasteiger partial charge < -0.3 is 10.2 Å². The van der Waals surface area contributed by atoms with E-state index in [9.17, 15) is 13.2 Å². The third-order valence-electron chi connectivity index (χ3n) is 2.31. The third kappa shape index (κ3) is 3.80. The summed E-state index contributed by atoms with van der Waals surface area (Å²) < 4.78 is 25.9. The molecule has 0 fully saturated rings. The average Bonchev–Trinajstić information content (AvgIpc) is 2.28. The number of aliphatic hydroxyl groups excluding tert-OH is 1. The summed E-state index contributed by atoms with van der Waals surface area (Å²) in [6.45, 7) is 1.33. The number of aryl methyl sites for hydroxylation is 1. The van der Waals surface area contributed by atoms with Crippen LogP contribution in [0.3, 0.4) is 0 Å². The topological polar surface area (TPSA) is 104 Å². The van der Waals surface area contributed by atoms with Gasteiger partial charge in [-0.1, -0.05) is 12.1 Å². The van der Waals surface area contributed by atoms with Crippen LogP contribution in [0, 0.1) is 6.92 Å². The van der Waals surface area contributed by atoms with Gasteiger partial charge in [0.15, 0.2) is 0 Å². The number of hydrogen-bond donors (Lipinski definition) is 3. The van der Waals surface area contributed by atoms with Crippen molar-refractivity contribution in [2.45, 2.75) is 24.3 Å². The maximum atomic E-state index is 11.9. The zero-order chi connectivity index (χ0) is 13.8. The lowest BCUT2D eigenvalue weighted by Gasteiger charge is -2.13. The second kappa shape index (κ2) is 5.94. The van der Waals surface area contributed by atoms with Crippen molar-refractivity contribution < 1.29 is 23.4 Å². The number of hydrogen-bond acceptors (Lipinski definition) is 4. The van der Waals surface area contributed by atoms with Gasteiger partial charge in [0, 0.05) is 6.61 Å². The van der Waals surface area contributed by atoms with E-state index in [0.717, 1.165) is 5.56 Å². The summed E-state index contributed by atoms with van der Waals surface area (Å²) in [6, 6.07) is 4.81. The molecule has 6 nitrogen and oxygen atoms in total. The van der Waals surface area contributed by atoms with Crippen LogP contribution < -0.4 is 4.72 Å². The van der Waals surface area contributed by atoms with Crippen molar-refractivity contribution in [2.75, 3.05) is 6.61 Å². The molecule has 0 bridgehead atoms. The molecule has 0 saturated heterocycles. The van der Waals surface area contributed by atoms with Gasteiger partial charge in [-0.25, -0.2) is 8.42 Å².